The first-order chi connectivity index (χ1) is 12.7. The first-order valence-corrected chi connectivity index (χ1v) is 8.28. The number of nitrogens with two attached hydrogens (primary N) is 1. The molecule has 2 heterocycles. The summed E-state index contributed by atoms with van der Waals surface area (Å²) < 4.78 is -1.25. The third-order valence-electron chi connectivity index (χ3n) is 4.95. The van der Waals surface area contributed by atoms with Gasteiger partial charge in [0, 0.05) is 18.5 Å². The third kappa shape index (κ3) is 2.69. The molecule has 2 unspecified atom stereocenters. The molecule has 4 N–H and O–H groups in total. The number of aliphatic carboxylic acids is 1. The van der Waals surface area contributed by atoms with Crippen LogP contribution in [0.2, 0.25) is 0 Å². The summed E-state index contributed by atoms with van der Waals surface area (Å²) in [6.45, 7) is -1.70. The van der Waals surface area contributed by atoms with Crippen molar-refractivity contribution in [3.63, 3.8) is 0 Å². The first kappa shape index (κ1) is 18.7. The number of carbonyl (C=O) groups excluding carboxylic acids is 4. The van der Waals surface area contributed by atoms with Gasteiger partial charge >= 0.3 is 17.8 Å². The van der Waals surface area contributed by atoms with Crippen LogP contribution in [0.4, 0.5) is 5.69 Å². The predicted molar refractivity (Wildman–Crippen MR) is 89.1 cm³/mol. The molecule has 142 valence electrons. The molecule has 0 saturated carbocycles. The fraction of sp³-hybridized carbons (Fsp3) is 0.353. The number of amides is 4. The van der Waals surface area contributed by atoms with E-state index in [1.807, 2.05) is 0 Å². The maximum absolute atomic E-state index is 13.1. The van der Waals surface area contributed by atoms with Crippen molar-refractivity contribution in [3.8, 4) is 0 Å². The van der Waals surface area contributed by atoms with Gasteiger partial charge in [-0.25, -0.2) is 14.4 Å². The van der Waals surface area contributed by atoms with Gasteiger partial charge in [0.1, 0.15) is 0 Å². The van der Waals surface area contributed by atoms with Crippen LogP contribution in [0, 0.1) is 0 Å². The number of β-amino-alcohol motifs (C(OH)–C–C–N with tert-alkyl or cyclic N) is 1. The zero-order valence-corrected chi connectivity index (χ0v) is 14.3. The fourth-order valence-electron chi connectivity index (χ4n) is 3.76. The van der Waals surface area contributed by atoms with E-state index in [-0.39, 0.29) is 36.2 Å². The monoisotopic (exact) mass is 376 g/mol. The zero-order chi connectivity index (χ0) is 19.9. The Morgan fingerprint density at radius 1 is 1.19 bits per heavy atom. The van der Waals surface area contributed by atoms with Crippen LogP contribution in [0.5, 0.6) is 0 Å². The summed E-state index contributed by atoms with van der Waals surface area (Å²) in [6.07, 6.45) is -0.289. The molecular formula is C17H18N3O7+. The van der Waals surface area contributed by atoms with E-state index in [0.717, 1.165) is 4.90 Å². The molecule has 2 atom stereocenters. The van der Waals surface area contributed by atoms with Crippen LogP contribution in [-0.2, 0) is 14.4 Å². The van der Waals surface area contributed by atoms with Crippen molar-refractivity contribution in [2.75, 3.05) is 25.4 Å². The van der Waals surface area contributed by atoms with Gasteiger partial charge in [-0.05, 0) is 18.2 Å². The summed E-state index contributed by atoms with van der Waals surface area (Å²) in [5.74, 6) is -4.46. The molecule has 10 nitrogen and oxygen atoms in total. The molecule has 0 radical (unpaired) electrons. The minimum atomic E-state index is -1.43. The van der Waals surface area contributed by atoms with Crippen LogP contribution < -0.4 is 5.73 Å². The summed E-state index contributed by atoms with van der Waals surface area (Å²) in [7, 11) is 0. The standard InChI is InChI=1S/C17H17N3O7/c18-9-1-2-10-11(7-9)17(27)20(16(10)26,8-14(23)24)12-3-4-13(22)19(5-6-21)15(12)25/h1-2,7,12,21H,3-6,8H2,(H2-,18,23,24,26)/p+1. The summed E-state index contributed by atoms with van der Waals surface area (Å²) in [6, 6.07) is 2.66. The fourth-order valence-corrected chi connectivity index (χ4v) is 3.76. The van der Waals surface area contributed by atoms with E-state index >= 15 is 0 Å². The molecule has 1 saturated heterocycles. The highest BCUT2D eigenvalue weighted by Crippen LogP contribution is 2.37. The Morgan fingerprint density at radius 2 is 1.85 bits per heavy atom. The second kappa shape index (κ2) is 6.56. The van der Waals surface area contributed by atoms with E-state index in [0.29, 0.717) is 0 Å². The molecule has 2 aliphatic rings. The number of rotatable bonds is 5. The Kier molecular flexibility index (Phi) is 4.54. The van der Waals surface area contributed by atoms with Crippen molar-refractivity contribution in [2.45, 2.75) is 18.9 Å². The number of imide groups is 2. The SMILES string of the molecule is Nc1ccc2c(c1)C(=O)[N+](CC(=O)O)(C1CCC(=O)N(CCO)C1=O)C2=O. The number of nitrogen functional groups attached to an aromatic ring is 1. The van der Waals surface area contributed by atoms with Crippen molar-refractivity contribution in [3.05, 3.63) is 29.3 Å². The molecule has 4 amide bonds. The second-order valence-corrected chi connectivity index (χ2v) is 6.50. The Bertz CT molecular complexity index is 881. The van der Waals surface area contributed by atoms with E-state index < -0.39 is 53.3 Å². The summed E-state index contributed by atoms with van der Waals surface area (Å²) >= 11 is 0. The molecule has 0 spiro atoms. The number of benzene rings is 1. The maximum atomic E-state index is 13.1. The van der Waals surface area contributed by atoms with Crippen LogP contribution in [0.25, 0.3) is 0 Å². The number of carboxylic acid groups (broad SMARTS) is 1. The number of quaternary nitrogens is 1. The number of aliphatic hydroxyl groups excluding tert-OH is 1. The van der Waals surface area contributed by atoms with Gasteiger partial charge in [-0.3, -0.25) is 14.5 Å². The quantitative estimate of drug-likeness (QED) is 0.335. The molecule has 1 aromatic rings. The highest BCUT2D eigenvalue weighted by molar-refractivity contribution is 6.16. The number of piperidine rings is 1. The zero-order valence-electron chi connectivity index (χ0n) is 14.3. The molecule has 2 aliphatic heterocycles. The second-order valence-electron chi connectivity index (χ2n) is 6.50. The van der Waals surface area contributed by atoms with Crippen molar-refractivity contribution < 1.29 is 38.7 Å². The number of carboxylic acids is 1. The number of carbonyl (C=O) groups is 5. The highest BCUT2D eigenvalue weighted by Gasteiger charge is 2.63. The average molecular weight is 376 g/mol. The van der Waals surface area contributed by atoms with Gasteiger partial charge in [0.15, 0.2) is 12.6 Å². The minimum Gasteiger partial charge on any atom is -0.477 e. The molecule has 27 heavy (non-hydrogen) atoms. The van der Waals surface area contributed by atoms with E-state index in [2.05, 4.69) is 0 Å². The van der Waals surface area contributed by atoms with Crippen LogP contribution in [-0.4, -0.2) is 74.9 Å². The van der Waals surface area contributed by atoms with Gasteiger partial charge in [0.05, 0.1) is 24.3 Å². The summed E-state index contributed by atoms with van der Waals surface area (Å²) in [4.78, 5) is 63.4. The van der Waals surface area contributed by atoms with Crippen molar-refractivity contribution in [1.29, 1.82) is 0 Å². The Morgan fingerprint density at radius 3 is 2.48 bits per heavy atom. The van der Waals surface area contributed by atoms with Crippen molar-refractivity contribution in [2.24, 2.45) is 0 Å². The number of likely N-dealkylation sites (tertiary alicyclic amines) is 1. The third-order valence-corrected chi connectivity index (χ3v) is 4.95. The van der Waals surface area contributed by atoms with E-state index in [1.54, 1.807) is 0 Å². The van der Waals surface area contributed by atoms with Crippen molar-refractivity contribution >= 4 is 35.3 Å². The molecule has 3 rings (SSSR count). The Hall–Kier alpha value is -3.11. The smallest absolute Gasteiger partial charge is 0.360 e. The average Bonchev–Trinajstić information content (AvgIpc) is 2.80. The number of hydrogen-bond donors (Lipinski definition) is 3. The highest BCUT2D eigenvalue weighted by atomic mass is 16.4. The van der Waals surface area contributed by atoms with Gasteiger partial charge in [0.25, 0.3) is 5.91 Å². The lowest BCUT2D eigenvalue weighted by atomic mass is 9.99. The van der Waals surface area contributed by atoms with Gasteiger partial charge < -0.3 is 15.9 Å². The van der Waals surface area contributed by atoms with Crippen LogP contribution in [0.3, 0.4) is 0 Å². The lowest BCUT2D eigenvalue weighted by Gasteiger charge is -2.39. The van der Waals surface area contributed by atoms with Gasteiger partial charge in [-0.15, -0.1) is 0 Å². The van der Waals surface area contributed by atoms with Gasteiger partial charge in [-0.1, -0.05) is 0 Å². The number of aliphatic hydroxyl groups is 1. The molecule has 1 aromatic carbocycles. The van der Waals surface area contributed by atoms with Gasteiger partial charge in [0.2, 0.25) is 5.91 Å². The first-order valence-electron chi connectivity index (χ1n) is 8.28. The van der Waals surface area contributed by atoms with E-state index in [4.69, 9.17) is 10.8 Å². The molecule has 0 bridgehead atoms. The molecular weight excluding hydrogens is 358 g/mol. The molecule has 0 aliphatic carbocycles. The Balaban J connectivity index is 2.14. The summed E-state index contributed by atoms with van der Waals surface area (Å²) in [5, 5.41) is 18.5. The van der Waals surface area contributed by atoms with Gasteiger partial charge in [-0.2, -0.15) is 4.48 Å². The Labute approximate surface area is 153 Å². The number of anilines is 1. The summed E-state index contributed by atoms with van der Waals surface area (Å²) in [5.41, 5.74) is 5.85. The number of fused-ring (bicyclic) bond motifs is 1. The maximum Gasteiger partial charge on any atom is 0.360 e. The lowest BCUT2D eigenvalue weighted by Crippen LogP contribution is -2.68. The number of nitrogens with zero attached hydrogens (tertiary/aromatic N) is 2. The van der Waals surface area contributed by atoms with Crippen molar-refractivity contribution in [1.82, 2.24) is 4.90 Å². The molecule has 0 aromatic heterocycles. The van der Waals surface area contributed by atoms with Crippen LogP contribution >= 0.6 is 0 Å². The minimum absolute atomic E-state index is 0.00569. The molecule has 1 fully saturated rings. The van der Waals surface area contributed by atoms with E-state index in [1.165, 1.54) is 18.2 Å². The lowest BCUT2D eigenvalue weighted by molar-refractivity contribution is -0.774. The van der Waals surface area contributed by atoms with E-state index in [9.17, 15) is 29.1 Å². The topological polar surface area (TPSA) is 155 Å². The molecule has 10 heteroatoms. The number of hydrogen-bond acceptors (Lipinski definition) is 7. The normalized spacial score (nSPS) is 25.1. The predicted octanol–water partition coefficient (Wildman–Crippen LogP) is -1.03. The van der Waals surface area contributed by atoms with Crippen LogP contribution in [0.1, 0.15) is 33.6 Å². The largest absolute Gasteiger partial charge is 0.477 e. The van der Waals surface area contributed by atoms with Crippen LogP contribution in [0.15, 0.2) is 18.2 Å².